The molecule has 0 saturated heterocycles. The van der Waals surface area contributed by atoms with Crippen LogP contribution in [-0.4, -0.2) is 28.0 Å². The number of aromatic nitrogens is 2. The summed E-state index contributed by atoms with van der Waals surface area (Å²) in [5, 5.41) is 12.9. The van der Waals surface area contributed by atoms with Crippen molar-refractivity contribution in [3.05, 3.63) is 75.2 Å². The van der Waals surface area contributed by atoms with Crippen LogP contribution in [0, 0.1) is 0 Å². The van der Waals surface area contributed by atoms with Crippen molar-refractivity contribution in [2.24, 2.45) is 0 Å². The number of carbonyl (C=O) groups excluding carboxylic acids is 1. The minimum Gasteiger partial charge on any atom is -0.465 e. The largest absolute Gasteiger partial charge is 0.465 e. The molecule has 4 aromatic rings. The van der Waals surface area contributed by atoms with Crippen LogP contribution in [0.4, 0.5) is 11.5 Å². The highest BCUT2D eigenvalue weighted by molar-refractivity contribution is 7.80. The van der Waals surface area contributed by atoms with Crippen molar-refractivity contribution in [1.29, 1.82) is 0 Å². The number of anilines is 2. The molecule has 0 spiro atoms. The van der Waals surface area contributed by atoms with Gasteiger partial charge in [0, 0.05) is 33.1 Å². The average Bonchev–Trinajstić information content (AvgIpc) is 3.32. The fourth-order valence-electron chi connectivity index (χ4n) is 2.96. The molecule has 0 atom stereocenters. The summed E-state index contributed by atoms with van der Waals surface area (Å²) in [6.45, 7) is 0.555. The maximum atomic E-state index is 11.8. The number of nitrogens with zero attached hydrogens (tertiary/aromatic N) is 2. The Morgan fingerprint density at radius 3 is 2.77 bits per heavy atom. The molecule has 31 heavy (non-hydrogen) atoms. The quantitative estimate of drug-likeness (QED) is 0.262. The fraction of sp³-hybridized carbons (Fsp3) is 0.0952. The zero-order chi connectivity index (χ0) is 22.0. The molecule has 0 saturated carbocycles. The number of benzene rings is 2. The monoisotopic (exact) mass is 490 g/mol. The number of fused-ring (bicyclic) bond motifs is 1. The van der Waals surface area contributed by atoms with Crippen molar-refractivity contribution in [3.8, 4) is 0 Å². The van der Waals surface area contributed by atoms with Crippen LogP contribution >= 0.6 is 46.8 Å². The summed E-state index contributed by atoms with van der Waals surface area (Å²) < 4.78 is 7.41. The van der Waals surface area contributed by atoms with E-state index in [9.17, 15) is 4.79 Å². The normalized spacial score (nSPS) is 10.8. The van der Waals surface area contributed by atoms with E-state index in [-0.39, 0.29) is 0 Å². The smallest absolute Gasteiger partial charge is 0.349 e. The lowest BCUT2D eigenvalue weighted by atomic mass is 10.2. The number of hydrogen-bond donors (Lipinski definition) is 2. The molecule has 0 unspecified atom stereocenters. The molecule has 2 heterocycles. The Kier molecular flexibility index (Phi) is 6.43. The van der Waals surface area contributed by atoms with Crippen LogP contribution in [0.15, 0.2) is 54.7 Å². The lowest BCUT2D eigenvalue weighted by Crippen LogP contribution is -2.19. The number of nitrogens with one attached hydrogen (secondary N) is 2. The predicted molar refractivity (Wildman–Crippen MR) is 131 cm³/mol. The van der Waals surface area contributed by atoms with Gasteiger partial charge in [0.15, 0.2) is 10.9 Å². The number of halogens is 2. The van der Waals surface area contributed by atoms with Crippen LogP contribution in [0.2, 0.25) is 10.0 Å². The number of ether oxygens (including phenoxy) is 1. The Morgan fingerprint density at radius 2 is 2.00 bits per heavy atom. The molecule has 0 aliphatic heterocycles. The highest BCUT2D eigenvalue weighted by Crippen LogP contribution is 2.37. The Morgan fingerprint density at radius 1 is 1.19 bits per heavy atom. The van der Waals surface area contributed by atoms with E-state index in [2.05, 4.69) is 15.7 Å². The highest BCUT2D eigenvalue weighted by atomic mass is 35.5. The number of methoxy groups -OCH3 is 1. The van der Waals surface area contributed by atoms with E-state index >= 15 is 0 Å². The van der Waals surface area contributed by atoms with Gasteiger partial charge in [0.05, 0.1) is 18.7 Å². The average molecular weight is 491 g/mol. The summed E-state index contributed by atoms with van der Waals surface area (Å²) in [6.07, 6.45) is 1.85. The highest BCUT2D eigenvalue weighted by Gasteiger charge is 2.18. The maximum Gasteiger partial charge on any atom is 0.349 e. The van der Waals surface area contributed by atoms with Gasteiger partial charge in [-0.15, -0.1) is 11.3 Å². The molecule has 0 aliphatic rings. The first-order valence-corrected chi connectivity index (χ1v) is 11.1. The first-order valence-electron chi connectivity index (χ1n) is 9.10. The van der Waals surface area contributed by atoms with E-state index in [1.54, 1.807) is 4.68 Å². The second kappa shape index (κ2) is 9.23. The molecule has 0 aliphatic carbocycles. The van der Waals surface area contributed by atoms with Gasteiger partial charge in [-0.1, -0.05) is 41.4 Å². The SMILES string of the molecule is COC(=O)c1sc2cc(NC(=S)Nc3ccn(Cc4ccccc4Cl)n3)ccc2c1Cl. The zero-order valence-electron chi connectivity index (χ0n) is 16.2. The number of rotatable bonds is 5. The summed E-state index contributed by atoms with van der Waals surface area (Å²) in [6, 6.07) is 15.0. The van der Waals surface area contributed by atoms with Crippen LogP contribution in [0.1, 0.15) is 15.2 Å². The van der Waals surface area contributed by atoms with Gasteiger partial charge in [0.2, 0.25) is 0 Å². The van der Waals surface area contributed by atoms with Crippen LogP contribution in [-0.2, 0) is 11.3 Å². The second-order valence-electron chi connectivity index (χ2n) is 6.52. The Labute approximate surface area is 197 Å². The standard InChI is InChI=1S/C21H16Cl2N4O2S2/c1-29-20(28)19-18(23)14-7-6-13(10-16(14)31-19)24-21(30)25-17-8-9-27(26-17)11-12-4-2-3-5-15(12)22/h2-10H,11H2,1H3,(H2,24,25,26,30). The summed E-state index contributed by atoms with van der Waals surface area (Å²) in [5.41, 5.74) is 1.74. The number of thiocarbonyl (C=S) groups is 1. The maximum absolute atomic E-state index is 11.8. The van der Waals surface area contributed by atoms with Crippen molar-refractivity contribution in [3.63, 3.8) is 0 Å². The number of carbonyl (C=O) groups is 1. The predicted octanol–water partition coefficient (Wildman–Crippen LogP) is 6.05. The number of hydrogen-bond acceptors (Lipinski definition) is 5. The molecule has 0 radical (unpaired) electrons. The van der Waals surface area contributed by atoms with Gasteiger partial charge in [-0.25, -0.2) is 4.79 Å². The summed E-state index contributed by atoms with van der Waals surface area (Å²) in [7, 11) is 1.33. The molecule has 2 aromatic carbocycles. The number of thiophene rings is 1. The Balaban J connectivity index is 1.43. The lowest BCUT2D eigenvalue weighted by Gasteiger charge is -2.09. The first-order chi connectivity index (χ1) is 14.9. The van der Waals surface area contributed by atoms with Crippen molar-refractivity contribution < 1.29 is 9.53 Å². The van der Waals surface area contributed by atoms with E-state index < -0.39 is 5.97 Å². The van der Waals surface area contributed by atoms with Gasteiger partial charge in [0.25, 0.3) is 0 Å². The van der Waals surface area contributed by atoms with E-state index in [0.717, 1.165) is 21.3 Å². The van der Waals surface area contributed by atoms with Crippen molar-refractivity contribution in [2.45, 2.75) is 6.54 Å². The van der Waals surface area contributed by atoms with Gasteiger partial charge in [-0.2, -0.15) is 5.10 Å². The van der Waals surface area contributed by atoms with E-state index in [1.807, 2.05) is 54.7 Å². The van der Waals surface area contributed by atoms with Gasteiger partial charge in [-0.05, 0) is 42.0 Å². The van der Waals surface area contributed by atoms with Gasteiger partial charge in [-0.3, -0.25) is 4.68 Å². The fourth-order valence-corrected chi connectivity index (χ4v) is 4.85. The molecule has 2 N–H and O–H groups in total. The van der Waals surface area contributed by atoms with Crippen molar-refractivity contribution >= 4 is 79.4 Å². The minimum absolute atomic E-state index is 0.376. The lowest BCUT2D eigenvalue weighted by molar-refractivity contribution is 0.0606. The third-order valence-electron chi connectivity index (χ3n) is 4.43. The molecule has 0 bridgehead atoms. The molecule has 0 amide bonds. The van der Waals surface area contributed by atoms with Crippen molar-refractivity contribution in [1.82, 2.24) is 9.78 Å². The minimum atomic E-state index is -0.453. The molecular weight excluding hydrogens is 475 g/mol. The van der Waals surface area contributed by atoms with Gasteiger partial charge < -0.3 is 15.4 Å². The molecule has 158 valence electrons. The Hall–Kier alpha value is -2.65. The first kappa shape index (κ1) is 21.6. The molecule has 0 fully saturated rings. The summed E-state index contributed by atoms with van der Waals surface area (Å²) in [5.74, 6) is 0.156. The van der Waals surface area contributed by atoms with E-state index in [1.165, 1.54) is 18.4 Å². The third-order valence-corrected chi connectivity index (χ3v) is 6.64. The molecule has 2 aromatic heterocycles. The van der Waals surface area contributed by atoms with Gasteiger partial charge in [0.1, 0.15) is 4.88 Å². The number of esters is 1. The second-order valence-corrected chi connectivity index (χ2v) is 8.76. The third kappa shape index (κ3) is 4.83. The molecule has 4 rings (SSSR count). The topological polar surface area (TPSA) is 68.2 Å². The van der Waals surface area contributed by atoms with E-state index in [4.69, 9.17) is 40.2 Å². The molecule has 10 heteroatoms. The summed E-state index contributed by atoms with van der Waals surface area (Å²) in [4.78, 5) is 12.2. The van der Waals surface area contributed by atoms with Crippen LogP contribution in [0.25, 0.3) is 10.1 Å². The zero-order valence-corrected chi connectivity index (χ0v) is 19.3. The molecule has 6 nitrogen and oxygen atoms in total. The van der Waals surface area contributed by atoms with E-state index in [0.29, 0.717) is 32.4 Å². The van der Waals surface area contributed by atoms with Crippen LogP contribution in [0.3, 0.4) is 0 Å². The van der Waals surface area contributed by atoms with Crippen molar-refractivity contribution in [2.75, 3.05) is 17.7 Å². The van der Waals surface area contributed by atoms with Crippen LogP contribution in [0.5, 0.6) is 0 Å². The van der Waals surface area contributed by atoms with Gasteiger partial charge >= 0.3 is 5.97 Å². The molecular formula is C21H16Cl2N4O2S2. The van der Waals surface area contributed by atoms with Crippen LogP contribution < -0.4 is 10.6 Å². The Bertz CT molecular complexity index is 1290. The summed E-state index contributed by atoms with van der Waals surface area (Å²) >= 11 is 19.2.